The molecule has 1 aliphatic carbocycles. The van der Waals surface area contributed by atoms with Gasteiger partial charge in [0, 0.05) is 23.2 Å². The highest BCUT2D eigenvalue weighted by atomic mass is 16.5. The molecular formula is C27H32N4O4. The fourth-order valence-electron chi connectivity index (χ4n) is 4.43. The van der Waals surface area contributed by atoms with E-state index in [0.29, 0.717) is 28.3 Å². The van der Waals surface area contributed by atoms with Crippen molar-refractivity contribution in [3.8, 4) is 22.8 Å². The van der Waals surface area contributed by atoms with Crippen molar-refractivity contribution in [2.24, 2.45) is 0 Å². The summed E-state index contributed by atoms with van der Waals surface area (Å²) in [6, 6.07) is 13.4. The maximum absolute atomic E-state index is 13.0. The maximum Gasteiger partial charge on any atom is 0.342 e. The summed E-state index contributed by atoms with van der Waals surface area (Å²) in [6.07, 6.45) is 5.06. The average molecular weight is 477 g/mol. The van der Waals surface area contributed by atoms with E-state index in [1.807, 2.05) is 19.9 Å². The van der Waals surface area contributed by atoms with Crippen molar-refractivity contribution >= 4 is 17.6 Å². The van der Waals surface area contributed by atoms with Crippen LogP contribution < -0.4 is 15.4 Å². The third-order valence-corrected chi connectivity index (χ3v) is 6.57. The van der Waals surface area contributed by atoms with E-state index in [1.165, 1.54) is 17.9 Å². The first-order valence-corrected chi connectivity index (χ1v) is 12.1. The van der Waals surface area contributed by atoms with Gasteiger partial charge in [-0.2, -0.15) is 9.78 Å². The van der Waals surface area contributed by atoms with Crippen LogP contribution in [0.15, 0.2) is 48.5 Å². The van der Waals surface area contributed by atoms with E-state index in [9.17, 15) is 14.7 Å². The Hall–Kier alpha value is -3.81. The maximum atomic E-state index is 13.0. The summed E-state index contributed by atoms with van der Waals surface area (Å²) in [4.78, 5) is 25.9. The standard InChI is InChI=1S/C27H32N4O4/c1-4-17(2)28-27(34)31-23(18-9-5-6-10-18)16-22(30-31)21-15-19(13-14-24(21)32)29-26(33)20-11-7-8-12-25(20)35-3/h7-8,11-18,32H,4-6,9-10H2,1-3H3,(H,28,34)(H,29,33). The molecule has 0 saturated heterocycles. The lowest BCUT2D eigenvalue weighted by atomic mass is 10.0. The lowest BCUT2D eigenvalue weighted by molar-refractivity contribution is 0.102. The molecule has 0 bridgehead atoms. The number of ether oxygens (including phenoxy) is 1. The van der Waals surface area contributed by atoms with Gasteiger partial charge in [-0.3, -0.25) is 4.79 Å². The number of amides is 2. The molecule has 2 aromatic carbocycles. The molecule has 1 aliphatic rings. The highest BCUT2D eigenvalue weighted by Gasteiger charge is 2.26. The molecule has 1 saturated carbocycles. The number of carbonyl (C=O) groups is 2. The quantitative estimate of drug-likeness (QED) is 0.389. The van der Waals surface area contributed by atoms with Gasteiger partial charge in [0.1, 0.15) is 11.5 Å². The number of hydrogen-bond acceptors (Lipinski definition) is 5. The molecule has 3 aromatic rings. The number of phenols is 1. The van der Waals surface area contributed by atoms with Crippen molar-refractivity contribution in [1.29, 1.82) is 0 Å². The number of aromatic nitrogens is 2. The molecule has 8 nitrogen and oxygen atoms in total. The Morgan fingerprint density at radius 1 is 1.17 bits per heavy atom. The zero-order valence-electron chi connectivity index (χ0n) is 20.4. The first-order chi connectivity index (χ1) is 16.9. The fourth-order valence-corrected chi connectivity index (χ4v) is 4.43. The first kappa shape index (κ1) is 24.3. The topological polar surface area (TPSA) is 105 Å². The van der Waals surface area contributed by atoms with Crippen molar-refractivity contribution in [3.05, 3.63) is 59.8 Å². The molecule has 0 radical (unpaired) electrons. The van der Waals surface area contributed by atoms with E-state index in [4.69, 9.17) is 4.74 Å². The molecule has 4 rings (SSSR count). The molecule has 1 aromatic heterocycles. The minimum Gasteiger partial charge on any atom is -0.507 e. The summed E-state index contributed by atoms with van der Waals surface area (Å²) < 4.78 is 6.73. The van der Waals surface area contributed by atoms with Crippen LogP contribution in [0.3, 0.4) is 0 Å². The van der Waals surface area contributed by atoms with Crippen molar-refractivity contribution in [2.45, 2.75) is 57.9 Å². The molecule has 1 unspecified atom stereocenters. The Morgan fingerprint density at radius 2 is 1.91 bits per heavy atom. The van der Waals surface area contributed by atoms with Gasteiger partial charge in [0.15, 0.2) is 0 Å². The number of carbonyl (C=O) groups excluding carboxylic acids is 2. The Labute approximate surface area is 205 Å². The monoisotopic (exact) mass is 476 g/mol. The van der Waals surface area contributed by atoms with Crippen LogP contribution in [0.2, 0.25) is 0 Å². The molecule has 1 fully saturated rings. The molecule has 1 heterocycles. The summed E-state index contributed by atoms with van der Waals surface area (Å²) in [5, 5.41) is 21.1. The number of methoxy groups -OCH3 is 1. The highest BCUT2D eigenvalue weighted by Crippen LogP contribution is 2.38. The van der Waals surface area contributed by atoms with E-state index in [2.05, 4.69) is 15.7 Å². The second-order valence-corrected chi connectivity index (χ2v) is 8.99. The molecule has 1 atom stereocenters. The Morgan fingerprint density at radius 3 is 2.63 bits per heavy atom. The van der Waals surface area contributed by atoms with E-state index in [-0.39, 0.29) is 29.6 Å². The lowest BCUT2D eigenvalue weighted by Gasteiger charge is -2.15. The fraction of sp³-hybridized carbons (Fsp3) is 0.370. The summed E-state index contributed by atoms with van der Waals surface area (Å²) in [6.45, 7) is 3.97. The van der Waals surface area contributed by atoms with Gasteiger partial charge in [-0.15, -0.1) is 0 Å². The van der Waals surface area contributed by atoms with Crippen molar-refractivity contribution in [2.75, 3.05) is 12.4 Å². The van der Waals surface area contributed by atoms with Crippen molar-refractivity contribution < 1.29 is 19.4 Å². The van der Waals surface area contributed by atoms with Gasteiger partial charge in [0.05, 0.1) is 24.1 Å². The van der Waals surface area contributed by atoms with Crippen LogP contribution >= 0.6 is 0 Å². The second kappa shape index (κ2) is 10.6. The summed E-state index contributed by atoms with van der Waals surface area (Å²) in [7, 11) is 1.51. The second-order valence-electron chi connectivity index (χ2n) is 8.99. The minimum absolute atomic E-state index is 0.0187. The van der Waals surface area contributed by atoms with Gasteiger partial charge in [-0.1, -0.05) is 31.9 Å². The SMILES string of the molecule is CCC(C)NC(=O)n1nc(-c2cc(NC(=O)c3ccccc3OC)ccc2O)cc1C1CCCC1. The Bertz CT molecular complexity index is 1210. The van der Waals surface area contributed by atoms with Crippen LogP contribution in [0.25, 0.3) is 11.3 Å². The van der Waals surface area contributed by atoms with Gasteiger partial charge in [0.2, 0.25) is 0 Å². The molecule has 35 heavy (non-hydrogen) atoms. The Balaban J connectivity index is 1.66. The highest BCUT2D eigenvalue weighted by molar-refractivity contribution is 6.06. The van der Waals surface area contributed by atoms with Crippen LogP contribution in [0.5, 0.6) is 11.5 Å². The lowest BCUT2D eigenvalue weighted by Crippen LogP contribution is -2.37. The summed E-state index contributed by atoms with van der Waals surface area (Å²) in [5.74, 6) is 0.403. The van der Waals surface area contributed by atoms with Gasteiger partial charge < -0.3 is 20.5 Å². The zero-order valence-corrected chi connectivity index (χ0v) is 20.4. The summed E-state index contributed by atoms with van der Waals surface area (Å²) >= 11 is 0. The van der Waals surface area contributed by atoms with E-state index in [0.717, 1.165) is 37.8 Å². The normalized spacial score (nSPS) is 14.5. The predicted molar refractivity (Wildman–Crippen MR) is 135 cm³/mol. The molecule has 184 valence electrons. The minimum atomic E-state index is -0.329. The molecule has 3 N–H and O–H groups in total. The van der Waals surface area contributed by atoms with E-state index in [1.54, 1.807) is 36.4 Å². The van der Waals surface area contributed by atoms with Crippen LogP contribution in [0.1, 0.15) is 67.9 Å². The smallest absolute Gasteiger partial charge is 0.342 e. The first-order valence-electron chi connectivity index (χ1n) is 12.1. The number of para-hydroxylation sites is 1. The number of nitrogens with zero attached hydrogens (tertiary/aromatic N) is 2. The third-order valence-electron chi connectivity index (χ3n) is 6.57. The van der Waals surface area contributed by atoms with Crippen molar-refractivity contribution in [1.82, 2.24) is 15.1 Å². The summed E-state index contributed by atoms with van der Waals surface area (Å²) in [5.41, 5.74) is 2.67. The number of hydrogen-bond donors (Lipinski definition) is 3. The van der Waals surface area contributed by atoms with Gasteiger partial charge in [-0.25, -0.2) is 4.79 Å². The largest absolute Gasteiger partial charge is 0.507 e. The molecular weight excluding hydrogens is 444 g/mol. The number of nitrogens with one attached hydrogen (secondary N) is 2. The molecule has 0 aliphatic heterocycles. The van der Waals surface area contributed by atoms with Crippen LogP contribution in [-0.2, 0) is 0 Å². The van der Waals surface area contributed by atoms with Gasteiger partial charge >= 0.3 is 6.03 Å². The van der Waals surface area contributed by atoms with Crippen LogP contribution in [0, 0.1) is 0 Å². The number of aromatic hydroxyl groups is 1. The Kier molecular flexibility index (Phi) is 7.39. The predicted octanol–water partition coefficient (Wildman–Crippen LogP) is 5.53. The number of rotatable bonds is 7. The van der Waals surface area contributed by atoms with Crippen molar-refractivity contribution in [3.63, 3.8) is 0 Å². The number of benzene rings is 2. The molecule has 8 heteroatoms. The van der Waals surface area contributed by atoms with Gasteiger partial charge in [0.25, 0.3) is 5.91 Å². The average Bonchev–Trinajstić information content (AvgIpc) is 3.55. The number of phenolic OH excluding ortho intramolecular Hbond substituents is 1. The van der Waals surface area contributed by atoms with E-state index < -0.39 is 0 Å². The molecule has 2 amide bonds. The van der Waals surface area contributed by atoms with Crippen LogP contribution in [0.4, 0.5) is 10.5 Å². The zero-order chi connectivity index (χ0) is 24.9. The third kappa shape index (κ3) is 5.31. The van der Waals surface area contributed by atoms with E-state index >= 15 is 0 Å². The van der Waals surface area contributed by atoms with Crippen LogP contribution in [-0.4, -0.2) is 40.0 Å². The molecule has 0 spiro atoms. The van der Waals surface area contributed by atoms with Gasteiger partial charge in [-0.05, 0) is 62.6 Å². The number of anilines is 1.